The van der Waals surface area contributed by atoms with Gasteiger partial charge in [0.15, 0.2) is 0 Å². The molecule has 0 aliphatic heterocycles. The van der Waals surface area contributed by atoms with Crippen LogP contribution in [0.1, 0.15) is 12.5 Å². The SMILES string of the molecule is CC(=O)Cc1ccc(OC(=O)N[C@@H](CS(=O)(=O)[O-])C(=O)[O-])cc1.[Na+].[Na+]. The van der Waals surface area contributed by atoms with Crippen molar-refractivity contribution >= 4 is 28.0 Å². The zero-order chi connectivity index (χ0) is 17.6. The van der Waals surface area contributed by atoms with Gasteiger partial charge in [0.2, 0.25) is 0 Å². The van der Waals surface area contributed by atoms with Crippen molar-refractivity contribution in [2.24, 2.45) is 0 Å². The molecule has 1 aromatic rings. The molecule has 0 unspecified atom stereocenters. The maximum atomic E-state index is 11.5. The van der Waals surface area contributed by atoms with Crippen molar-refractivity contribution in [2.45, 2.75) is 19.4 Å². The number of hydrogen-bond acceptors (Lipinski definition) is 8. The van der Waals surface area contributed by atoms with E-state index >= 15 is 0 Å². The first-order valence-corrected chi connectivity index (χ1v) is 7.85. The first-order valence-electron chi connectivity index (χ1n) is 6.28. The molecule has 0 aliphatic carbocycles. The van der Waals surface area contributed by atoms with Crippen LogP contribution in [0.25, 0.3) is 0 Å². The van der Waals surface area contributed by atoms with Crippen molar-refractivity contribution < 1.29 is 96.3 Å². The largest absolute Gasteiger partial charge is 1.00 e. The molecule has 0 radical (unpaired) electrons. The van der Waals surface area contributed by atoms with Crippen LogP contribution in [0.3, 0.4) is 0 Å². The number of ketones is 1. The van der Waals surface area contributed by atoms with E-state index in [0.29, 0.717) is 5.56 Å². The number of benzene rings is 1. The quantitative estimate of drug-likeness (QED) is 0.357. The van der Waals surface area contributed by atoms with E-state index in [-0.39, 0.29) is 77.1 Å². The van der Waals surface area contributed by atoms with Gasteiger partial charge in [-0.2, -0.15) is 0 Å². The number of carboxylic acids is 1. The van der Waals surface area contributed by atoms with Crippen LogP contribution < -0.4 is 74.3 Å². The topological polar surface area (TPSA) is 153 Å². The van der Waals surface area contributed by atoms with E-state index in [1.807, 2.05) is 0 Å². The number of aliphatic carboxylic acids is 1. The van der Waals surface area contributed by atoms with Gasteiger partial charge in [-0.1, -0.05) is 12.1 Å². The van der Waals surface area contributed by atoms with Crippen LogP contribution in [0.4, 0.5) is 4.79 Å². The summed E-state index contributed by atoms with van der Waals surface area (Å²) in [7, 11) is -4.88. The Morgan fingerprint density at radius 3 is 2.08 bits per heavy atom. The number of carbonyl (C=O) groups is 3. The molecule has 0 aromatic heterocycles. The van der Waals surface area contributed by atoms with Gasteiger partial charge in [0, 0.05) is 6.42 Å². The number of nitrogens with one attached hydrogen (secondary N) is 1. The molecule has 1 amide bonds. The number of carboxylic acid groups (broad SMARTS) is 1. The summed E-state index contributed by atoms with van der Waals surface area (Å²) in [6.07, 6.45) is -1.05. The van der Waals surface area contributed by atoms with Gasteiger partial charge in [-0.15, -0.1) is 0 Å². The minimum absolute atomic E-state index is 0. The van der Waals surface area contributed by atoms with E-state index in [1.54, 1.807) is 5.32 Å². The summed E-state index contributed by atoms with van der Waals surface area (Å²) in [5, 5.41) is 12.4. The molecule has 1 rings (SSSR count). The normalized spacial score (nSPS) is 11.3. The third-order valence-electron chi connectivity index (χ3n) is 2.53. The summed E-state index contributed by atoms with van der Waals surface area (Å²) < 4.78 is 36.4. The van der Waals surface area contributed by atoms with Gasteiger partial charge >= 0.3 is 65.2 Å². The van der Waals surface area contributed by atoms with Crippen LogP contribution in [0.2, 0.25) is 0 Å². The van der Waals surface area contributed by atoms with Gasteiger partial charge in [0.25, 0.3) is 0 Å². The molecule has 0 saturated heterocycles. The number of carbonyl (C=O) groups excluding carboxylic acids is 3. The fourth-order valence-electron chi connectivity index (χ4n) is 1.61. The average molecular weight is 389 g/mol. The molecule has 0 fully saturated rings. The second kappa shape index (κ2) is 12.0. The number of rotatable bonds is 7. The Bertz CT molecular complexity index is 705. The molecule has 9 nitrogen and oxygen atoms in total. The molecule has 1 N–H and O–H groups in total. The molecule has 0 spiro atoms. The van der Waals surface area contributed by atoms with Crippen molar-refractivity contribution in [1.82, 2.24) is 5.32 Å². The van der Waals surface area contributed by atoms with Gasteiger partial charge < -0.3 is 24.5 Å². The Hall–Kier alpha value is -0.460. The molecule has 0 bridgehead atoms. The first-order chi connectivity index (χ1) is 10.6. The fraction of sp³-hybridized carbons (Fsp3) is 0.308. The summed E-state index contributed by atoms with van der Waals surface area (Å²) in [6.45, 7) is 1.42. The van der Waals surface area contributed by atoms with Gasteiger partial charge in [-0.25, -0.2) is 13.2 Å². The number of hydrogen-bond donors (Lipinski definition) is 1. The molecule has 0 aliphatic rings. The minimum Gasteiger partial charge on any atom is -0.748 e. The average Bonchev–Trinajstić information content (AvgIpc) is 2.38. The van der Waals surface area contributed by atoms with E-state index in [4.69, 9.17) is 4.74 Å². The van der Waals surface area contributed by atoms with Crippen molar-refractivity contribution in [3.05, 3.63) is 29.8 Å². The van der Waals surface area contributed by atoms with Gasteiger partial charge in [-0.3, -0.25) is 4.79 Å². The maximum absolute atomic E-state index is 11.5. The second-order valence-corrected chi connectivity index (χ2v) is 6.10. The van der Waals surface area contributed by atoms with E-state index in [9.17, 15) is 32.5 Å². The summed E-state index contributed by atoms with van der Waals surface area (Å²) >= 11 is 0. The predicted molar refractivity (Wildman–Crippen MR) is 73.3 cm³/mol. The number of amides is 1. The van der Waals surface area contributed by atoms with Gasteiger partial charge in [-0.05, 0) is 24.6 Å². The summed E-state index contributed by atoms with van der Waals surface area (Å²) in [5.74, 6) is -3.30. The molecular weight excluding hydrogens is 376 g/mol. The van der Waals surface area contributed by atoms with Crippen LogP contribution in [0, 0.1) is 0 Å². The monoisotopic (exact) mass is 389 g/mol. The van der Waals surface area contributed by atoms with Crippen molar-refractivity contribution in [3.63, 3.8) is 0 Å². The summed E-state index contributed by atoms with van der Waals surface area (Å²) in [4.78, 5) is 33.1. The molecule has 1 atom stereocenters. The van der Waals surface area contributed by atoms with Crippen LogP contribution in [0.5, 0.6) is 5.75 Å². The van der Waals surface area contributed by atoms with Crippen LogP contribution in [0.15, 0.2) is 24.3 Å². The first kappa shape index (κ1) is 26.8. The van der Waals surface area contributed by atoms with E-state index in [2.05, 4.69) is 0 Å². The Labute approximate surface area is 188 Å². The van der Waals surface area contributed by atoms with Crippen LogP contribution >= 0.6 is 0 Å². The zero-order valence-electron chi connectivity index (χ0n) is 14.0. The maximum Gasteiger partial charge on any atom is 1.00 e. The van der Waals surface area contributed by atoms with Gasteiger partial charge in [0.1, 0.15) is 11.5 Å². The molecule has 25 heavy (non-hydrogen) atoms. The Balaban J connectivity index is 0. The third kappa shape index (κ3) is 11.7. The van der Waals surface area contributed by atoms with E-state index in [0.717, 1.165) is 0 Å². The second-order valence-electron chi connectivity index (χ2n) is 4.65. The smallest absolute Gasteiger partial charge is 0.748 e. The molecule has 12 heteroatoms. The Kier molecular flexibility index (Phi) is 12.9. The minimum atomic E-state index is -4.88. The van der Waals surface area contributed by atoms with Crippen molar-refractivity contribution in [2.75, 3.05) is 5.75 Å². The number of ether oxygens (including phenoxy) is 1. The van der Waals surface area contributed by atoms with Crippen molar-refractivity contribution in [3.8, 4) is 5.75 Å². The fourth-order valence-corrected chi connectivity index (χ4v) is 2.24. The Morgan fingerprint density at radius 2 is 1.68 bits per heavy atom. The molecular formula is C13H13NNa2O8S. The van der Waals surface area contributed by atoms with Crippen molar-refractivity contribution in [1.29, 1.82) is 0 Å². The summed E-state index contributed by atoms with van der Waals surface area (Å²) in [5.41, 5.74) is 0.690. The molecule has 0 heterocycles. The molecule has 0 saturated carbocycles. The third-order valence-corrected chi connectivity index (χ3v) is 3.28. The van der Waals surface area contributed by atoms with Crippen LogP contribution in [-0.4, -0.2) is 42.6 Å². The van der Waals surface area contributed by atoms with E-state index < -0.39 is 34.0 Å². The number of Topliss-reactive ketones (excluding diaryl/α,β-unsaturated/α-hetero) is 1. The van der Waals surface area contributed by atoms with E-state index in [1.165, 1.54) is 31.2 Å². The van der Waals surface area contributed by atoms with Gasteiger partial charge in [0.05, 0.1) is 27.9 Å². The predicted octanol–water partition coefficient (Wildman–Crippen LogP) is -7.42. The standard InChI is InChI=1S/C13H15NO8S.2Na/c1-8(15)6-9-2-4-10(5-3-9)22-13(18)14-11(12(16)17)7-23(19,20)21;;/h2-5,11H,6-7H2,1H3,(H,14,18)(H,16,17)(H,19,20,21);;/q;2*+1/p-2/t11-;;/m0../s1. The molecule has 1 aromatic carbocycles. The zero-order valence-corrected chi connectivity index (χ0v) is 18.8. The molecule has 126 valence electrons. The summed E-state index contributed by atoms with van der Waals surface area (Å²) in [6, 6.07) is 3.78. The Morgan fingerprint density at radius 1 is 1.16 bits per heavy atom. The van der Waals surface area contributed by atoms with Crippen LogP contribution in [-0.2, 0) is 26.1 Å².